The second-order valence-corrected chi connectivity index (χ2v) is 7.89. The maximum Gasteiger partial charge on any atom is 0.416 e. The van der Waals surface area contributed by atoms with E-state index in [0.717, 1.165) is 17.7 Å². The number of rotatable bonds is 6. The molecule has 0 bridgehead atoms. The highest BCUT2D eigenvalue weighted by atomic mass is 32.1. The molecule has 1 amide bonds. The van der Waals surface area contributed by atoms with Gasteiger partial charge in [-0.25, -0.2) is 4.98 Å². The number of nitrogens with zero attached hydrogens (tertiary/aromatic N) is 2. The molecule has 2 aromatic carbocycles. The Morgan fingerprint density at radius 2 is 1.80 bits per heavy atom. The maximum atomic E-state index is 12.7. The lowest BCUT2D eigenvalue weighted by molar-refractivity contribution is -0.137. The third-order valence-corrected chi connectivity index (χ3v) is 5.49. The van der Waals surface area contributed by atoms with Crippen LogP contribution in [0.4, 0.5) is 13.2 Å². The molecule has 0 saturated carbocycles. The quantitative estimate of drug-likeness (QED) is 0.486. The number of aromatic nitrogens is 1. The van der Waals surface area contributed by atoms with Crippen molar-refractivity contribution in [2.45, 2.75) is 32.7 Å². The number of hydrogen-bond donors (Lipinski definition) is 0. The summed E-state index contributed by atoms with van der Waals surface area (Å²) in [6, 6.07) is 12.2. The SMILES string of the molecule is CC(C)N(C)C(=O)c1csc(-c2ccccc2OCc2ccc(C(F)(F)F)cc2)n1. The maximum absolute atomic E-state index is 12.7. The third-order valence-electron chi connectivity index (χ3n) is 4.61. The summed E-state index contributed by atoms with van der Waals surface area (Å²) in [6.07, 6.45) is -4.37. The van der Waals surface area contributed by atoms with Gasteiger partial charge in [0.1, 0.15) is 23.1 Å². The van der Waals surface area contributed by atoms with Crippen molar-refractivity contribution in [3.05, 3.63) is 70.7 Å². The molecule has 0 radical (unpaired) electrons. The van der Waals surface area contributed by atoms with Crippen molar-refractivity contribution >= 4 is 17.2 Å². The molecule has 3 rings (SSSR count). The first-order valence-electron chi connectivity index (χ1n) is 9.28. The third kappa shape index (κ3) is 4.99. The molecule has 8 heteroatoms. The summed E-state index contributed by atoms with van der Waals surface area (Å²) in [6.45, 7) is 3.97. The minimum absolute atomic E-state index is 0.0574. The van der Waals surface area contributed by atoms with Crippen molar-refractivity contribution in [1.29, 1.82) is 0 Å². The van der Waals surface area contributed by atoms with Gasteiger partial charge in [0.2, 0.25) is 0 Å². The largest absolute Gasteiger partial charge is 0.488 e. The number of carbonyl (C=O) groups is 1. The lowest BCUT2D eigenvalue weighted by Crippen LogP contribution is -2.33. The zero-order chi connectivity index (χ0) is 21.9. The number of amides is 1. The monoisotopic (exact) mass is 434 g/mol. The van der Waals surface area contributed by atoms with Crippen LogP contribution in [0.25, 0.3) is 10.6 Å². The Bertz CT molecular complexity index is 1010. The molecule has 0 aliphatic carbocycles. The van der Waals surface area contributed by atoms with Crippen LogP contribution in [0.2, 0.25) is 0 Å². The van der Waals surface area contributed by atoms with Gasteiger partial charge in [-0.2, -0.15) is 13.2 Å². The second-order valence-electron chi connectivity index (χ2n) is 7.03. The number of alkyl halides is 3. The van der Waals surface area contributed by atoms with Gasteiger partial charge >= 0.3 is 6.18 Å². The van der Waals surface area contributed by atoms with Crippen LogP contribution in [0.5, 0.6) is 5.75 Å². The van der Waals surface area contributed by atoms with Crippen molar-refractivity contribution in [2.75, 3.05) is 7.05 Å². The molecule has 0 saturated heterocycles. The van der Waals surface area contributed by atoms with E-state index in [1.165, 1.54) is 23.5 Å². The normalized spacial score (nSPS) is 11.6. The van der Waals surface area contributed by atoms with Crippen LogP contribution in [-0.4, -0.2) is 28.9 Å². The second kappa shape index (κ2) is 8.87. The molecule has 0 N–H and O–H groups in total. The van der Waals surface area contributed by atoms with Crippen LogP contribution >= 0.6 is 11.3 Å². The predicted octanol–water partition coefficient (Wildman–Crippen LogP) is 5.89. The number of ether oxygens (including phenoxy) is 1. The van der Waals surface area contributed by atoms with Crippen LogP contribution in [0.15, 0.2) is 53.9 Å². The molecule has 0 aliphatic rings. The molecule has 0 aliphatic heterocycles. The van der Waals surface area contributed by atoms with Crippen molar-refractivity contribution in [1.82, 2.24) is 9.88 Å². The van der Waals surface area contributed by atoms with E-state index >= 15 is 0 Å². The summed E-state index contributed by atoms with van der Waals surface area (Å²) in [4.78, 5) is 18.6. The molecule has 4 nitrogen and oxygen atoms in total. The topological polar surface area (TPSA) is 42.4 Å². The molecular formula is C22H21F3N2O2S. The summed E-state index contributed by atoms with van der Waals surface area (Å²) in [5.74, 6) is 0.388. The summed E-state index contributed by atoms with van der Waals surface area (Å²) in [5, 5.41) is 2.35. The number of para-hydroxylation sites is 1. The average Bonchev–Trinajstić information content (AvgIpc) is 3.21. The van der Waals surface area contributed by atoms with Crippen molar-refractivity contribution in [3.63, 3.8) is 0 Å². The number of hydrogen-bond acceptors (Lipinski definition) is 4. The summed E-state index contributed by atoms with van der Waals surface area (Å²) in [5.41, 5.74) is 1.01. The summed E-state index contributed by atoms with van der Waals surface area (Å²) < 4.78 is 43.9. The van der Waals surface area contributed by atoms with E-state index in [-0.39, 0.29) is 18.6 Å². The van der Waals surface area contributed by atoms with Crippen LogP contribution in [0, 0.1) is 0 Å². The van der Waals surface area contributed by atoms with Gasteiger partial charge in [0.15, 0.2) is 0 Å². The first kappa shape index (κ1) is 21.8. The zero-order valence-electron chi connectivity index (χ0n) is 16.7. The smallest absolute Gasteiger partial charge is 0.416 e. The molecule has 30 heavy (non-hydrogen) atoms. The van der Waals surface area contributed by atoms with E-state index in [2.05, 4.69) is 4.98 Å². The fraction of sp³-hybridized carbons (Fsp3) is 0.273. The molecule has 1 aromatic heterocycles. The van der Waals surface area contributed by atoms with Gasteiger partial charge in [-0.15, -0.1) is 11.3 Å². The van der Waals surface area contributed by atoms with E-state index < -0.39 is 11.7 Å². The highest BCUT2D eigenvalue weighted by Crippen LogP contribution is 2.33. The Labute approximate surface area is 176 Å². The van der Waals surface area contributed by atoms with Gasteiger partial charge in [0.25, 0.3) is 5.91 Å². The summed E-state index contributed by atoms with van der Waals surface area (Å²) >= 11 is 1.34. The molecule has 158 valence electrons. The standard InChI is InChI=1S/C22H21F3N2O2S/c1-14(2)27(3)21(28)18-13-30-20(26-18)17-6-4-5-7-19(17)29-12-15-8-10-16(11-9-15)22(23,24)25/h4-11,13-14H,12H2,1-3H3. The molecule has 3 aromatic rings. The van der Waals surface area contributed by atoms with Gasteiger partial charge < -0.3 is 9.64 Å². The van der Waals surface area contributed by atoms with E-state index in [0.29, 0.717) is 22.0 Å². The zero-order valence-corrected chi connectivity index (χ0v) is 17.6. The van der Waals surface area contributed by atoms with Crippen molar-refractivity contribution < 1.29 is 22.7 Å². The van der Waals surface area contributed by atoms with Crippen LogP contribution < -0.4 is 4.74 Å². The van der Waals surface area contributed by atoms with Crippen molar-refractivity contribution in [3.8, 4) is 16.3 Å². The molecule has 0 unspecified atom stereocenters. The van der Waals surface area contributed by atoms with E-state index in [9.17, 15) is 18.0 Å². The van der Waals surface area contributed by atoms with Gasteiger partial charge in [-0.1, -0.05) is 24.3 Å². The van der Waals surface area contributed by atoms with Crippen LogP contribution in [0.3, 0.4) is 0 Å². The predicted molar refractivity (Wildman–Crippen MR) is 111 cm³/mol. The van der Waals surface area contributed by atoms with Gasteiger partial charge in [-0.05, 0) is 43.7 Å². The Morgan fingerprint density at radius 1 is 1.13 bits per heavy atom. The average molecular weight is 434 g/mol. The van der Waals surface area contributed by atoms with Crippen LogP contribution in [-0.2, 0) is 12.8 Å². The Morgan fingerprint density at radius 3 is 2.43 bits per heavy atom. The van der Waals surface area contributed by atoms with Gasteiger partial charge in [-0.3, -0.25) is 4.79 Å². The first-order chi connectivity index (χ1) is 14.2. The minimum atomic E-state index is -4.37. The fourth-order valence-electron chi connectivity index (χ4n) is 2.63. The van der Waals surface area contributed by atoms with E-state index in [1.807, 2.05) is 26.0 Å². The Balaban J connectivity index is 1.76. The number of carbonyl (C=O) groups excluding carboxylic acids is 1. The van der Waals surface area contributed by atoms with E-state index in [4.69, 9.17) is 4.74 Å². The highest BCUT2D eigenvalue weighted by molar-refractivity contribution is 7.13. The summed E-state index contributed by atoms with van der Waals surface area (Å²) in [7, 11) is 1.73. The van der Waals surface area contributed by atoms with Gasteiger partial charge in [0, 0.05) is 18.5 Å². The lowest BCUT2D eigenvalue weighted by atomic mass is 10.1. The lowest BCUT2D eigenvalue weighted by Gasteiger charge is -2.20. The minimum Gasteiger partial charge on any atom is -0.488 e. The first-order valence-corrected chi connectivity index (χ1v) is 10.2. The fourth-order valence-corrected chi connectivity index (χ4v) is 3.45. The Kier molecular flexibility index (Phi) is 6.45. The molecule has 0 fully saturated rings. The highest BCUT2D eigenvalue weighted by Gasteiger charge is 2.30. The number of halogens is 3. The molecule has 1 heterocycles. The molecule has 0 spiro atoms. The van der Waals surface area contributed by atoms with Gasteiger partial charge in [0.05, 0.1) is 11.1 Å². The number of thiazole rings is 1. The Hall–Kier alpha value is -2.87. The van der Waals surface area contributed by atoms with Crippen LogP contribution in [0.1, 0.15) is 35.5 Å². The van der Waals surface area contributed by atoms with Crippen molar-refractivity contribution in [2.24, 2.45) is 0 Å². The molecular weight excluding hydrogens is 413 g/mol. The number of benzene rings is 2. The van der Waals surface area contributed by atoms with E-state index in [1.54, 1.807) is 29.5 Å². The molecule has 0 atom stereocenters.